The van der Waals surface area contributed by atoms with Crippen molar-refractivity contribution in [3.05, 3.63) is 23.2 Å². The monoisotopic (exact) mass is 244 g/mol. The highest BCUT2D eigenvalue weighted by Gasteiger charge is 2.35. The summed E-state index contributed by atoms with van der Waals surface area (Å²) in [5.74, 6) is -2.70. The number of fused-ring (bicyclic) bond motifs is 1. The van der Waals surface area contributed by atoms with E-state index in [1.807, 2.05) is 0 Å². The highest BCUT2D eigenvalue weighted by atomic mass is 19.4. The molecule has 1 aliphatic rings. The van der Waals surface area contributed by atoms with Crippen LogP contribution < -0.4 is 10.4 Å². The summed E-state index contributed by atoms with van der Waals surface area (Å²) in [6, 6.07) is 0. The average molecular weight is 244 g/mol. The van der Waals surface area contributed by atoms with E-state index in [0.29, 0.717) is 0 Å². The number of hydrogen-bond acceptors (Lipinski definition) is 5. The zero-order chi connectivity index (χ0) is 12.6. The van der Waals surface area contributed by atoms with Gasteiger partial charge < -0.3 is 15.2 Å². The van der Waals surface area contributed by atoms with Gasteiger partial charge in [-0.3, -0.25) is 0 Å². The van der Waals surface area contributed by atoms with Crippen molar-refractivity contribution in [1.82, 2.24) is 9.97 Å². The topological polar surface area (TPSA) is 77.9 Å². The lowest BCUT2D eigenvalue weighted by atomic mass is 10.1. The van der Waals surface area contributed by atoms with Gasteiger partial charge in [-0.2, -0.15) is 13.2 Å². The fraction of sp³-hybridized carbons (Fsp3) is 0.222. The van der Waals surface area contributed by atoms with E-state index in [0.717, 1.165) is 6.20 Å². The maximum atomic E-state index is 12.3. The maximum absolute atomic E-state index is 12.3. The Balaban J connectivity index is 2.42. The lowest BCUT2D eigenvalue weighted by Crippen LogP contribution is -2.30. The van der Waals surface area contributed by atoms with E-state index in [1.165, 1.54) is 6.08 Å². The first kappa shape index (κ1) is 11.4. The molecule has 0 unspecified atom stereocenters. The summed E-state index contributed by atoms with van der Waals surface area (Å²) in [7, 11) is 0. The number of aromatic nitrogens is 2. The Kier molecular flexibility index (Phi) is 2.49. The van der Waals surface area contributed by atoms with Gasteiger partial charge in [0.15, 0.2) is 0 Å². The Labute approximate surface area is 93.0 Å². The molecule has 0 bridgehead atoms. The van der Waals surface area contributed by atoms with Crippen molar-refractivity contribution < 1.29 is 23.1 Å². The van der Waals surface area contributed by atoms with Crippen molar-refractivity contribution in [2.75, 3.05) is 11.9 Å². The van der Waals surface area contributed by atoms with Gasteiger partial charge in [-0.15, -0.1) is 0 Å². The van der Waals surface area contributed by atoms with Crippen LogP contribution in [0.1, 0.15) is 11.4 Å². The van der Waals surface area contributed by atoms with E-state index < -0.39 is 18.0 Å². The van der Waals surface area contributed by atoms with Gasteiger partial charge in [0.05, 0.1) is 5.97 Å². The molecule has 1 aromatic heterocycles. The smallest absolute Gasteiger partial charge is 0.451 e. The Hall–Kier alpha value is -2.12. The number of nitrogens with zero attached hydrogens (tertiary/aromatic N) is 2. The van der Waals surface area contributed by atoms with Crippen molar-refractivity contribution in [2.24, 2.45) is 0 Å². The predicted octanol–water partition coefficient (Wildman–Crippen LogP) is 0.0542. The molecule has 90 valence electrons. The molecule has 0 saturated heterocycles. The van der Waals surface area contributed by atoms with E-state index in [1.54, 1.807) is 0 Å². The van der Waals surface area contributed by atoms with Crippen LogP contribution in [0.25, 0.3) is 6.08 Å². The van der Waals surface area contributed by atoms with Crippen molar-refractivity contribution in [2.45, 2.75) is 6.18 Å². The molecule has 8 heteroatoms. The number of carboxylic acids is 1. The summed E-state index contributed by atoms with van der Waals surface area (Å²) >= 11 is 0. The van der Waals surface area contributed by atoms with Crippen LogP contribution in [0.2, 0.25) is 0 Å². The van der Waals surface area contributed by atoms with Crippen molar-refractivity contribution in [3.8, 4) is 0 Å². The molecule has 0 aliphatic carbocycles. The van der Waals surface area contributed by atoms with Crippen molar-refractivity contribution >= 4 is 17.9 Å². The molecule has 0 aromatic carbocycles. The summed E-state index contributed by atoms with van der Waals surface area (Å²) in [5, 5.41) is 13.0. The lowest BCUT2D eigenvalue weighted by Gasteiger charge is -2.18. The summed E-state index contributed by atoms with van der Waals surface area (Å²) in [6.07, 6.45) is -2.53. The first-order chi connectivity index (χ1) is 7.88. The normalized spacial score (nSPS) is 14.6. The third-order valence-electron chi connectivity index (χ3n) is 2.11. The number of aliphatic carboxylic acids is 1. The second kappa shape index (κ2) is 3.72. The quantitative estimate of drug-likeness (QED) is 0.755. The van der Waals surface area contributed by atoms with E-state index in [4.69, 9.17) is 0 Å². The van der Waals surface area contributed by atoms with Crippen LogP contribution in [-0.4, -0.2) is 22.5 Å². The highest BCUT2D eigenvalue weighted by Crippen LogP contribution is 2.29. The summed E-state index contributed by atoms with van der Waals surface area (Å²) in [5.41, 5.74) is 0.115. The minimum atomic E-state index is -4.63. The highest BCUT2D eigenvalue weighted by molar-refractivity contribution is 5.94. The van der Waals surface area contributed by atoms with Crippen LogP contribution in [0.5, 0.6) is 0 Å². The summed E-state index contributed by atoms with van der Waals surface area (Å²) in [6.45, 7) is -0.135. The van der Waals surface area contributed by atoms with Crippen LogP contribution in [-0.2, 0) is 11.0 Å². The molecule has 1 N–H and O–H groups in total. The molecule has 1 aromatic rings. The van der Waals surface area contributed by atoms with Crippen LogP contribution >= 0.6 is 0 Å². The number of anilines is 1. The molecule has 0 amide bonds. The molecule has 0 radical (unpaired) electrons. The number of rotatable bonds is 1. The molecule has 2 rings (SSSR count). The van der Waals surface area contributed by atoms with E-state index in [9.17, 15) is 23.1 Å². The Morgan fingerprint density at radius 3 is 2.76 bits per heavy atom. The molecular formula is C9H5F3N3O2-. The van der Waals surface area contributed by atoms with Crippen LogP contribution in [0.4, 0.5) is 19.0 Å². The minimum absolute atomic E-state index is 0.0441. The van der Waals surface area contributed by atoms with Gasteiger partial charge in [-0.05, 0) is 11.6 Å². The average Bonchev–Trinajstić information content (AvgIpc) is 2.26. The van der Waals surface area contributed by atoms with Crippen LogP contribution in [0.3, 0.4) is 0 Å². The fourth-order valence-electron chi connectivity index (χ4n) is 1.32. The van der Waals surface area contributed by atoms with Gasteiger partial charge in [-0.1, -0.05) is 0 Å². The first-order valence-electron chi connectivity index (χ1n) is 4.48. The van der Waals surface area contributed by atoms with Gasteiger partial charge in [0.25, 0.3) is 0 Å². The van der Waals surface area contributed by atoms with Gasteiger partial charge in [-0.25, -0.2) is 9.97 Å². The Bertz CT molecular complexity index is 511. The molecule has 17 heavy (non-hydrogen) atoms. The standard InChI is InChI=1S/C9H6F3N3O2/c10-9(11,12)8-14-2-4-1-5(7(16)17)3-13-6(4)15-8/h1-2H,3H2,(H,16,17)(H,13,14,15)/p-1. The zero-order valence-corrected chi connectivity index (χ0v) is 8.21. The van der Waals surface area contributed by atoms with E-state index in [2.05, 4.69) is 15.3 Å². The molecule has 2 heterocycles. The van der Waals surface area contributed by atoms with Gasteiger partial charge in [0.1, 0.15) is 5.82 Å². The van der Waals surface area contributed by atoms with Crippen LogP contribution in [0, 0.1) is 0 Å². The predicted molar refractivity (Wildman–Crippen MR) is 48.5 cm³/mol. The summed E-state index contributed by atoms with van der Waals surface area (Å²) < 4.78 is 36.9. The zero-order valence-electron chi connectivity index (χ0n) is 8.21. The second-order valence-corrected chi connectivity index (χ2v) is 3.31. The molecule has 0 fully saturated rings. The van der Waals surface area contributed by atoms with Gasteiger partial charge >= 0.3 is 6.18 Å². The lowest BCUT2D eigenvalue weighted by molar-refractivity contribution is -0.299. The molecule has 0 spiro atoms. The van der Waals surface area contributed by atoms with E-state index >= 15 is 0 Å². The SMILES string of the molecule is O=C([O-])C1=Cc2cnc(C(F)(F)F)nc2NC1. The van der Waals surface area contributed by atoms with Gasteiger partial charge in [0.2, 0.25) is 5.82 Å². The van der Waals surface area contributed by atoms with Gasteiger partial charge in [0, 0.05) is 18.3 Å². The number of hydrogen-bond donors (Lipinski definition) is 1. The number of alkyl halides is 3. The van der Waals surface area contributed by atoms with Crippen molar-refractivity contribution in [1.29, 1.82) is 0 Å². The number of carboxylic acid groups (broad SMARTS) is 1. The molecule has 1 aliphatic heterocycles. The third kappa shape index (κ3) is 2.19. The molecule has 0 saturated carbocycles. The maximum Gasteiger partial charge on any atom is 0.451 e. The number of halogens is 3. The van der Waals surface area contributed by atoms with Crippen molar-refractivity contribution in [3.63, 3.8) is 0 Å². The molecule has 5 nitrogen and oxygen atoms in total. The Morgan fingerprint density at radius 1 is 1.47 bits per heavy atom. The largest absolute Gasteiger partial charge is 0.545 e. The second-order valence-electron chi connectivity index (χ2n) is 3.31. The fourth-order valence-corrected chi connectivity index (χ4v) is 1.32. The van der Waals surface area contributed by atoms with Crippen LogP contribution in [0.15, 0.2) is 11.8 Å². The summed E-state index contributed by atoms with van der Waals surface area (Å²) in [4.78, 5) is 16.9. The Morgan fingerprint density at radius 2 is 2.18 bits per heavy atom. The molecule has 0 atom stereocenters. The number of nitrogens with one attached hydrogen (secondary N) is 1. The minimum Gasteiger partial charge on any atom is -0.545 e. The molecular weight excluding hydrogens is 239 g/mol. The number of carbonyl (C=O) groups excluding carboxylic acids is 1. The first-order valence-corrected chi connectivity index (χ1v) is 4.48. The number of carbonyl (C=O) groups is 1. The van der Waals surface area contributed by atoms with E-state index in [-0.39, 0.29) is 23.5 Å². The third-order valence-corrected chi connectivity index (χ3v) is 2.11.